The molecule has 0 aliphatic carbocycles. The van der Waals surface area contributed by atoms with Gasteiger partial charge in [-0.2, -0.15) is 0 Å². The average molecular weight is 207 g/mol. The van der Waals surface area contributed by atoms with Gasteiger partial charge in [-0.25, -0.2) is 4.99 Å². The first-order chi connectivity index (χ1) is 7.11. The van der Waals surface area contributed by atoms with Crippen LogP contribution in [0.4, 0.5) is 5.69 Å². The molecule has 0 bridgehead atoms. The summed E-state index contributed by atoms with van der Waals surface area (Å²) < 4.78 is 4.54. The van der Waals surface area contributed by atoms with Gasteiger partial charge in [0, 0.05) is 0 Å². The SMILES string of the molecule is COC(=O)Cc1ccc(N=C(N)N)cc1. The van der Waals surface area contributed by atoms with E-state index in [0.29, 0.717) is 5.69 Å². The van der Waals surface area contributed by atoms with Crippen molar-refractivity contribution >= 4 is 17.6 Å². The van der Waals surface area contributed by atoms with Crippen molar-refractivity contribution in [2.75, 3.05) is 7.11 Å². The van der Waals surface area contributed by atoms with Crippen molar-refractivity contribution in [3.63, 3.8) is 0 Å². The average Bonchev–Trinajstić information content (AvgIpc) is 2.20. The quantitative estimate of drug-likeness (QED) is 0.424. The van der Waals surface area contributed by atoms with E-state index in [1.165, 1.54) is 7.11 Å². The maximum Gasteiger partial charge on any atom is 0.309 e. The number of hydrogen-bond donors (Lipinski definition) is 2. The standard InChI is InChI=1S/C10H13N3O2/c1-15-9(14)6-7-2-4-8(5-3-7)13-10(11)12/h2-5H,6H2,1H3,(H4,11,12,13). The number of aliphatic imine (C=N–C) groups is 1. The minimum Gasteiger partial charge on any atom is -0.469 e. The Kier molecular flexibility index (Phi) is 3.68. The third kappa shape index (κ3) is 3.68. The highest BCUT2D eigenvalue weighted by Gasteiger charge is 2.01. The Hall–Kier alpha value is -2.04. The number of nitrogens with zero attached hydrogens (tertiary/aromatic N) is 1. The number of rotatable bonds is 3. The molecule has 0 fully saturated rings. The summed E-state index contributed by atoms with van der Waals surface area (Å²) >= 11 is 0. The summed E-state index contributed by atoms with van der Waals surface area (Å²) in [4.78, 5) is 14.8. The summed E-state index contributed by atoms with van der Waals surface area (Å²) in [5.41, 5.74) is 12.0. The number of carbonyl (C=O) groups excluding carboxylic acids is 1. The van der Waals surface area contributed by atoms with E-state index in [1.807, 2.05) is 0 Å². The lowest BCUT2D eigenvalue weighted by molar-refractivity contribution is -0.139. The molecule has 1 aromatic carbocycles. The van der Waals surface area contributed by atoms with E-state index in [2.05, 4.69) is 9.73 Å². The topological polar surface area (TPSA) is 90.7 Å². The Balaban J connectivity index is 2.72. The first kappa shape index (κ1) is 11.0. The fraction of sp³-hybridized carbons (Fsp3) is 0.200. The van der Waals surface area contributed by atoms with Crippen LogP contribution in [0, 0.1) is 0 Å². The van der Waals surface area contributed by atoms with Gasteiger partial charge >= 0.3 is 5.97 Å². The number of esters is 1. The normalized spacial score (nSPS) is 9.40. The third-order valence-electron chi connectivity index (χ3n) is 1.77. The predicted octanol–water partition coefficient (Wildman–Crippen LogP) is 0.307. The molecule has 0 unspecified atom stereocenters. The highest BCUT2D eigenvalue weighted by molar-refractivity contribution is 5.79. The molecule has 0 amide bonds. The van der Waals surface area contributed by atoms with Crippen LogP contribution in [0.25, 0.3) is 0 Å². The molecule has 80 valence electrons. The second-order valence-corrected chi connectivity index (χ2v) is 2.96. The summed E-state index contributed by atoms with van der Waals surface area (Å²) in [6.45, 7) is 0. The van der Waals surface area contributed by atoms with Crippen LogP contribution in [-0.4, -0.2) is 19.0 Å². The maximum atomic E-state index is 11.0. The molecule has 0 aliphatic rings. The summed E-state index contributed by atoms with van der Waals surface area (Å²) in [5.74, 6) is -0.264. The molecule has 0 heterocycles. The van der Waals surface area contributed by atoms with Crippen LogP contribution in [0.5, 0.6) is 0 Å². The lowest BCUT2D eigenvalue weighted by Crippen LogP contribution is -2.21. The molecule has 15 heavy (non-hydrogen) atoms. The van der Waals surface area contributed by atoms with E-state index in [0.717, 1.165) is 5.56 Å². The van der Waals surface area contributed by atoms with Crippen LogP contribution in [0.1, 0.15) is 5.56 Å². The lowest BCUT2D eigenvalue weighted by atomic mass is 10.1. The molecular weight excluding hydrogens is 194 g/mol. The molecule has 0 saturated carbocycles. The van der Waals surface area contributed by atoms with Gasteiger partial charge in [-0.1, -0.05) is 12.1 Å². The van der Waals surface area contributed by atoms with Gasteiger partial charge in [-0.15, -0.1) is 0 Å². The van der Waals surface area contributed by atoms with Crippen molar-refractivity contribution < 1.29 is 9.53 Å². The van der Waals surface area contributed by atoms with Crippen molar-refractivity contribution in [1.82, 2.24) is 0 Å². The van der Waals surface area contributed by atoms with Crippen LogP contribution in [0.3, 0.4) is 0 Å². The highest BCUT2D eigenvalue weighted by atomic mass is 16.5. The van der Waals surface area contributed by atoms with Gasteiger partial charge in [0.05, 0.1) is 19.2 Å². The molecule has 5 nitrogen and oxygen atoms in total. The first-order valence-corrected chi connectivity index (χ1v) is 4.37. The lowest BCUT2D eigenvalue weighted by Gasteiger charge is -2.00. The molecule has 0 atom stereocenters. The van der Waals surface area contributed by atoms with Crippen LogP contribution in [-0.2, 0) is 16.0 Å². The number of hydrogen-bond acceptors (Lipinski definition) is 3. The van der Waals surface area contributed by atoms with Crippen LogP contribution in [0.15, 0.2) is 29.3 Å². The van der Waals surface area contributed by atoms with Gasteiger partial charge in [-0.3, -0.25) is 4.79 Å². The molecule has 0 saturated heterocycles. The van der Waals surface area contributed by atoms with E-state index in [9.17, 15) is 4.79 Å². The molecule has 0 spiro atoms. The van der Waals surface area contributed by atoms with Gasteiger partial charge in [0.25, 0.3) is 0 Å². The molecule has 4 N–H and O–H groups in total. The predicted molar refractivity (Wildman–Crippen MR) is 57.6 cm³/mol. The number of carbonyl (C=O) groups is 1. The van der Waals surface area contributed by atoms with Crippen LogP contribution in [0.2, 0.25) is 0 Å². The molecule has 1 rings (SSSR count). The van der Waals surface area contributed by atoms with Gasteiger partial charge in [0.15, 0.2) is 5.96 Å². The zero-order valence-corrected chi connectivity index (χ0v) is 8.43. The zero-order valence-electron chi connectivity index (χ0n) is 8.43. The van der Waals surface area contributed by atoms with E-state index in [-0.39, 0.29) is 18.3 Å². The van der Waals surface area contributed by atoms with Crippen molar-refractivity contribution in [3.05, 3.63) is 29.8 Å². The Bertz CT molecular complexity index is 367. The minimum absolute atomic E-state index is 0.00992. The highest BCUT2D eigenvalue weighted by Crippen LogP contribution is 2.13. The Morgan fingerprint density at radius 1 is 1.33 bits per heavy atom. The third-order valence-corrected chi connectivity index (χ3v) is 1.77. The number of nitrogens with two attached hydrogens (primary N) is 2. The number of benzene rings is 1. The van der Waals surface area contributed by atoms with Gasteiger partial charge in [0.2, 0.25) is 0 Å². The van der Waals surface area contributed by atoms with Crippen molar-refractivity contribution in [2.45, 2.75) is 6.42 Å². The molecule has 0 aromatic heterocycles. The number of guanidine groups is 1. The second kappa shape index (κ2) is 4.99. The monoisotopic (exact) mass is 207 g/mol. The Labute approximate surface area is 87.7 Å². The minimum atomic E-state index is -0.274. The second-order valence-electron chi connectivity index (χ2n) is 2.96. The number of methoxy groups -OCH3 is 1. The zero-order chi connectivity index (χ0) is 11.3. The number of ether oxygens (including phenoxy) is 1. The van der Waals surface area contributed by atoms with Crippen LogP contribution < -0.4 is 11.5 Å². The van der Waals surface area contributed by atoms with E-state index >= 15 is 0 Å². The van der Waals surface area contributed by atoms with E-state index in [4.69, 9.17) is 11.5 Å². The van der Waals surface area contributed by atoms with E-state index < -0.39 is 0 Å². The summed E-state index contributed by atoms with van der Waals surface area (Å²) in [6.07, 6.45) is 0.249. The van der Waals surface area contributed by atoms with Gasteiger partial charge in [0.1, 0.15) is 0 Å². The molecule has 0 aliphatic heterocycles. The fourth-order valence-electron chi connectivity index (χ4n) is 1.08. The van der Waals surface area contributed by atoms with Crippen molar-refractivity contribution in [3.8, 4) is 0 Å². The van der Waals surface area contributed by atoms with Crippen molar-refractivity contribution in [2.24, 2.45) is 16.5 Å². The molecule has 1 aromatic rings. The fourth-order valence-corrected chi connectivity index (χ4v) is 1.08. The summed E-state index contributed by atoms with van der Waals surface area (Å²) in [5, 5.41) is 0. The largest absolute Gasteiger partial charge is 0.469 e. The molecule has 0 radical (unpaired) electrons. The van der Waals surface area contributed by atoms with Gasteiger partial charge < -0.3 is 16.2 Å². The maximum absolute atomic E-state index is 11.0. The Morgan fingerprint density at radius 3 is 2.40 bits per heavy atom. The summed E-state index contributed by atoms with van der Waals surface area (Å²) in [6, 6.07) is 7.02. The Morgan fingerprint density at radius 2 is 1.93 bits per heavy atom. The van der Waals surface area contributed by atoms with E-state index in [1.54, 1.807) is 24.3 Å². The molecular formula is C10H13N3O2. The van der Waals surface area contributed by atoms with Gasteiger partial charge in [-0.05, 0) is 17.7 Å². The van der Waals surface area contributed by atoms with Crippen molar-refractivity contribution in [1.29, 1.82) is 0 Å². The smallest absolute Gasteiger partial charge is 0.309 e. The summed E-state index contributed by atoms with van der Waals surface area (Å²) in [7, 11) is 1.36. The van der Waals surface area contributed by atoms with Crippen LogP contribution >= 0.6 is 0 Å². The molecule has 5 heteroatoms. The first-order valence-electron chi connectivity index (χ1n) is 4.37.